The van der Waals surface area contributed by atoms with E-state index < -0.39 is 23.8 Å². The first-order chi connectivity index (χ1) is 12.8. The van der Waals surface area contributed by atoms with Gasteiger partial charge in [-0.15, -0.1) is 5.92 Å². The second kappa shape index (κ2) is 7.30. The minimum atomic E-state index is -1.46. The molecule has 3 fully saturated rings. The number of hydrogen-bond acceptors (Lipinski definition) is 4. The highest BCUT2D eigenvalue weighted by Crippen LogP contribution is 2.62. The van der Waals surface area contributed by atoms with Gasteiger partial charge in [-0.1, -0.05) is 50.1 Å². The molecule has 146 valence electrons. The fraction of sp³-hybridized carbons (Fsp3) is 0.609. The number of methoxy groups -OCH3 is 1. The van der Waals surface area contributed by atoms with Crippen LogP contribution < -0.4 is 0 Å². The Labute approximate surface area is 162 Å². The second-order valence-corrected chi connectivity index (χ2v) is 8.48. The van der Waals surface area contributed by atoms with Gasteiger partial charge < -0.3 is 14.6 Å². The number of benzene rings is 1. The van der Waals surface area contributed by atoms with Crippen LogP contribution >= 0.6 is 0 Å². The van der Waals surface area contributed by atoms with Gasteiger partial charge in [0.25, 0.3) is 5.60 Å². The maximum absolute atomic E-state index is 13.2. The molecule has 0 radical (unpaired) electrons. The van der Waals surface area contributed by atoms with E-state index in [0.717, 1.165) is 12.8 Å². The Balaban J connectivity index is 1.84. The van der Waals surface area contributed by atoms with Gasteiger partial charge in [0.05, 0.1) is 6.10 Å². The summed E-state index contributed by atoms with van der Waals surface area (Å²) in [5.74, 6) is 6.05. The zero-order valence-electron chi connectivity index (χ0n) is 16.9. The minimum absolute atomic E-state index is 0.0612. The first kappa shape index (κ1) is 19.9. The van der Waals surface area contributed by atoms with Crippen LogP contribution in [0, 0.1) is 35.0 Å². The summed E-state index contributed by atoms with van der Waals surface area (Å²) in [6, 6.07) is 9.20. The van der Waals surface area contributed by atoms with Crippen molar-refractivity contribution in [3.63, 3.8) is 0 Å². The van der Waals surface area contributed by atoms with E-state index in [2.05, 4.69) is 25.7 Å². The molecule has 4 nitrogen and oxygen atoms in total. The Morgan fingerprint density at radius 3 is 2.52 bits per heavy atom. The summed E-state index contributed by atoms with van der Waals surface area (Å²) in [4.78, 5) is 13.2. The minimum Gasteiger partial charge on any atom is -0.459 e. The van der Waals surface area contributed by atoms with Gasteiger partial charge in [-0.2, -0.15) is 0 Å². The molecule has 3 saturated carbocycles. The molecule has 0 spiro atoms. The first-order valence-electron chi connectivity index (χ1n) is 9.71. The molecule has 0 aliphatic heterocycles. The van der Waals surface area contributed by atoms with E-state index >= 15 is 0 Å². The van der Waals surface area contributed by atoms with Crippen molar-refractivity contribution in [2.24, 2.45) is 23.2 Å². The SMILES string of the molecule is CC#C[C@@](OC)(C(=O)O[C@@H](C)[C@@H]1[C@@H](O)C[C@H]2C[C@@H]1C2(C)C)c1ccccc1. The molecule has 0 heterocycles. The van der Waals surface area contributed by atoms with E-state index in [1.54, 1.807) is 6.92 Å². The van der Waals surface area contributed by atoms with Crippen molar-refractivity contribution in [2.75, 3.05) is 7.11 Å². The summed E-state index contributed by atoms with van der Waals surface area (Å²) in [6.07, 6.45) is 1.03. The van der Waals surface area contributed by atoms with Crippen LogP contribution in [0.5, 0.6) is 0 Å². The standard InChI is InChI=1S/C23H30O4/c1-6-12-23(26-5,16-10-8-7-9-11-16)21(25)27-15(2)20-18-13-17(14-19(20)24)22(18,3)4/h7-11,15,17-20,24H,13-14H2,1-5H3/t15-,17+,18-,19-,20-,23-/m0/s1. The van der Waals surface area contributed by atoms with Crippen LogP contribution in [0.25, 0.3) is 0 Å². The number of esters is 1. The summed E-state index contributed by atoms with van der Waals surface area (Å²) >= 11 is 0. The van der Waals surface area contributed by atoms with Crippen LogP contribution in [0.15, 0.2) is 30.3 Å². The number of aliphatic hydroxyl groups excluding tert-OH is 1. The van der Waals surface area contributed by atoms with Crippen LogP contribution in [-0.2, 0) is 19.9 Å². The Bertz CT molecular complexity index is 745. The summed E-state index contributed by atoms with van der Waals surface area (Å²) in [7, 11) is 1.47. The largest absolute Gasteiger partial charge is 0.459 e. The molecule has 27 heavy (non-hydrogen) atoms. The lowest BCUT2D eigenvalue weighted by atomic mass is 9.44. The van der Waals surface area contributed by atoms with Crippen LogP contribution in [0.4, 0.5) is 0 Å². The van der Waals surface area contributed by atoms with E-state index in [9.17, 15) is 9.90 Å². The smallest absolute Gasteiger partial charge is 0.356 e. The Morgan fingerprint density at radius 1 is 1.30 bits per heavy atom. The van der Waals surface area contributed by atoms with E-state index in [0.29, 0.717) is 17.4 Å². The van der Waals surface area contributed by atoms with E-state index in [4.69, 9.17) is 9.47 Å². The molecule has 6 atom stereocenters. The lowest BCUT2D eigenvalue weighted by Crippen LogP contribution is -2.60. The fourth-order valence-corrected chi connectivity index (χ4v) is 5.14. The van der Waals surface area contributed by atoms with Crippen molar-refractivity contribution in [1.29, 1.82) is 0 Å². The predicted octanol–water partition coefficient (Wildman–Crippen LogP) is 3.53. The molecular weight excluding hydrogens is 340 g/mol. The van der Waals surface area contributed by atoms with Gasteiger partial charge in [-0.25, -0.2) is 4.79 Å². The zero-order chi connectivity index (χ0) is 19.8. The number of fused-ring (bicyclic) bond motifs is 2. The van der Waals surface area contributed by atoms with Crippen molar-refractivity contribution >= 4 is 5.97 Å². The molecule has 0 unspecified atom stereocenters. The van der Waals surface area contributed by atoms with E-state index in [-0.39, 0.29) is 11.3 Å². The number of rotatable bonds is 5. The Kier molecular flexibility index (Phi) is 5.38. The van der Waals surface area contributed by atoms with Crippen LogP contribution in [0.2, 0.25) is 0 Å². The van der Waals surface area contributed by atoms with E-state index in [1.807, 2.05) is 37.3 Å². The third-order valence-electron chi connectivity index (χ3n) is 6.89. The van der Waals surface area contributed by atoms with Gasteiger partial charge in [0.2, 0.25) is 0 Å². The van der Waals surface area contributed by atoms with Gasteiger partial charge in [-0.05, 0) is 43.9 Å². The summed E-state index contributed by atoms with van der Waals surface area (Å²) < 4.78 is 11.5. The second-order valence-electron chi connectivity index (χ2n) is 8.48. The van der Waals surface area contributed by atoms with Crippen molar-refractivity contribution in [1.82, 2.24) is 0 Å². The number of aliphatic hydroxyl groups is 1. The number of hydrogen-bond donors (Lipinski definition) is 1. The van der Waals surface area contributed by atoms with Crippen molar-refractivity contribution in [3.8, 4) is 11.8 Å². The molecule has 3 aliphatic rings. The van der Waals surface area contributed by atoms with Crippen molar-refractivity contribution in [2.45, 2.75) is 58.3 Å². The number of carbonyl (C=O) groups excluding carboxylic acids is 1. The van der Waals surface area contributed by atoms with Crippen LogP contribution in [0.3, 0.4) is 0 Å². The third-order valence-corrected chi connectivity index (χ3v) is 6.89. The molecule has 1 aromatic rings. The Hall–Kier alpha value is -1.83. The fourth-order valence-electron chi connectivity index (χ4n) is 5.14. The molecule has 0 amide bonds. The molecule has 4 heteroatoms. The monoisotopic (exact) mass is 370 g/mol. The average molecular weight is 370 g/mol. The molecule has 4 rings (SSSR count). The summed E-state index contributed by atoms with van der Waals surface area (Å²) in [5, 5.41) is 10.6. The normalized spacial score (nSPS) is 31.5. The lowest BCUT2D eigenvalue weighted by Gasteiger charge is -2.62. The molecule has 2 bridgehead atoms. The predicted molar refractivity (Wildman–Crippen MR) is 104 cm³/mol. The maximum atomic E-state index is 13.2. The molecule has 0 aromatic heterocycles. The maximum Gasteiger partial charge on any atom is 0.356 e. The quantitative estimate of drug-likeness (QED) is 0.636. The first-order valence-corrected chi connectivity index (χ1v) is 9.71. The van der Waals surface area contributed by atoms with Gasteiger partial charge in [0, 0.05) is 18.6 Å². The zero-order valence-corrected chi connectivity index (χ0v) is 16.9. The van der Waals surface area contributed by atoms with Crippen LogP contribution in [0.1, 0.15) is 46.1 Å². The summed E-state index contributed by atoms with van der Waals surface area (Å²) in [6.45, 7) is 8.07. The molecule has 0 saturated heterocycles. The average Bonchev–Trinajstić information content (AvgIpc) is 2.66. The van der Waals surface area contributed by atoms with E-state index in [1.165, 1.54) is 7.11 Å². The molecule has 3 aliphatic carbocycles. The topological polar surface area (TPSA) is 55.8 Å². The van der Waals surface area contributed by atoms with Crippen molar-refractivity contribution in [3.05, 3.63) is 35.9 Å². The van der Waals surface area contributed by atoms with Gasteiger partial charge in [-0.3, -0.25) is 0 Å². The lowest BCUT2D eigenvalue weighted by molar-refractivity contribution is -0.206. The van der Waals surface area contributed by atoms with Gasteiger partial charge >= 0.3 is 5.97 Å². The van der Waals surface area contributed by atoms with Gasteiger partial charge in [0.15, 0.2) is 0 Å². The van der Waals surface area contributed by atoms with Crippen molar-refractivity contribution < 1.29 is 19.4 Å². The summed E-state index contributed by atoms with van der Waals surface area (Å²) in [5.41, 5.74) is -0.625. The van der Waals surface area contributed by atoms with Gasteiger partial charge in [0.1, 0.15) is 6.10 Å². The molecule has 1 N–H and O–H groups in total. The number of ether oxygens (including phenoxy) is 2. The molecular formula is C23H30O4. The molecule has 1 aromatic carbocycles. The highest BCUT2D eigenvalue weighted by molar-refractivity contribution is 5.85. The number of carbonyl (C=O) groups is 1. The Morgan fingerprint density at radius 2 is 1.96 bits per heavy atom. The highest BCUT2D eigenvalue weighted by atomic mass is 16.6. The van der Waals surface area contributed by atoms with Crippen LogP contribution in [-0.4, -0.2) is 30.4 Å². The third kappa shape index (κ3) is 3.17. The highest BCUT2D eigenvalue weighted by Gasteiger charge is 2.59.